The lowest BCUT2D eigenvalue weighted by Crippen LogP contribution is -2.46. The van der Waals surface area contributed by atoms with Gasteiger partial charge in [0.2, 0.25) is 0 Å². The van der Waals surface area contributed by atoms with Gasteiger partial charge in [-0.2, -0.15) is 0 Å². The molecule has 7 heteroatoms. The zero-order valence-electron chi connectivity index (χ0n) is 14.7. The summed E-state index contributed by atoms with van der Waals surface area (Å²) in [5.74, 6) is 0.258. The van der Waals surface area contributed by atoms with Crippen LogP contribution >= 0.6 is 0 Å². The van der Waals surface area contributed by atoms with Gasteiger partial charge >= 0.3 is 11.8 Å². The highest BCUT2D eigenvalue weighted by molar-refractivity contribution is 6.35. The molecular formula is C17H25N3O4. The molecule has 0 spiro atoms. The van der Waals surface area contributed by atoms with Gasteiger partial charge in [-0.25, -0.2) is 0 Å². The largest absolute Gasteiger partial charge is 0.493 e. The van der Waals surface area contributed by atoms with Gasteiger partial charge in [0.15, 0.2) is 11.5 Å². The number of nitrogens with one attached hydrogen (secondary N) is 1. The Morgan fingerprint density at radius 3 is 2.38 bits per heavy atom. The molecule has 7 nitrogen and oxygen atoms in total. The third-order valence-corrected chi connectivity index (χ3v) is 4.04. The monoisotopic (exact) mass is 335 g/mol. The fourth-order valence-electron chi connectivity index (χ4n) is 2.67. The zero-order chi connectivity index (χ0) is 17.7. The van der Waals surface area contributed by atoms with Crippen LogP contribution in [0.2, 0.25) is 0 Å². The van der Waals surface area contributed by atoms with Crippen LogP contribution in [0.5, 0.6) is 11.5 Å². The summed E-state index contributed by atoms with van der Waals surface area (Å²) in [5.41, 5.74) is 2.10. The van der Waals surface area contributed by atoms with Crippen molar-refractivity contribution in [2.75, 3.05) is 47.9 Å². The van der Waals surface area contributed by atoms with Crippen molar-refractivity contribution in [1.82, 2.24) is 15.1 Å². The molecule has 1 heterocycles. The van der Waals surface area contributed by atoms with Crippen LogP contribution in [0.4, 0.5) is 0 Å². The van der Waals surface area contributed by atoms with E-state index in [9.17, 15) is 9.59 Å². The Morgan fingerprint density at radius 2 is 1.79 bits per heavy atom. The smallest absolute Gasteiger partial charge is 0.312 e. The van der Waals surface area contributed by atoms with Gasteiger partial charge in [-0.3, -0.25) is 9.59 Å². The molecule has 0 fully saturated rings. The molecular weight excluding hydrogens is 310 g/mol. The van der Waals surface area contributed by atoms with Gasteiger partial charge < -0.3 is 24.6 Å². The average Bonchev–Trinajstić information content (AvgIpc) is 2.58. The summed E-state index contributed by atoms with van der Waals surface area (Å²) in [5, 5.41) is 2.66. The van der Waals surface area contributed by atoms with E-state index in [1.54, 1.807) is 19.1 Å². The van der Waals surface area contributed by atoms with E-state index in [0.717, 1.165) is 11.1 Å². The van der Waals surface area contributed by atoms with Crippen molar-refractivity contribution in [3.8, 4) is 11.5 Å². The van der Waals surface area contributed by atoms with E-state index in [1.165, 1.54) is 0 Å². The maximum absolute atomic E-state index is 12.3. The minimum absolute atomic E-state index is 0.398. The molecule has 132 valence electrons. The van der Waals surface area contributed by atoms with Crippen LogP contribution in [0.25, 0.3) is 0 Å². The SMILES string of the molecule is COc1cc2c(cc1OC)CN(C(=O)C(=O)NCCN(C)C)CC2. The van der Waals surface area contributed by atoms with Crippen LogP contribution < -0.4 is 14.8 Å². The van der Waals surface area contributed by atoms with E-state index in [2.05, 4.69) is 5.32 Å². The van der Waals surface area contributed by atoms with Crippen LogP contribution in [-0.2, 0) is 22.6 Å². The number of hydrogen-bond acceptors (Lipinski definition) is 5. The Hall–Kier alpha value is -2.28. The number of carbonyl (C=O) groups is 2. The Bertz CT molecular complexity index is 616. The van der Waals surface area contributed by atoms with Crippen LogP contribution in [0.15, 0.2) is 12.1 Å². The maximum Gasteiger partial charge on any atom is 0.312 e. The molecule has 0 atom stereocenters. The highest BCUT2D eigenvalue weighted by atomic mass is 16.5. The van der Waals surface area contributed by atoms with Gasteiger partial charge in [0, 0.05) is 26.2 Å². The van der Waals surface area contributed by atoms with Gasteiger partial charge in [0.1, 0.15) is 0 Å². The number of ether oxygens (including phenoxy) is 2. The number of methoxy groups -OCH3 is 2. The number of nitrogens with zero attached hydrogens (tertiary/aromatic N) is 2. The first-order valence-electron chi connectivity index (χ1n) is 7.92. The lowest BCUT2D eigenvalue weighted by atomic mass is 9.98. The number of carbonyl (C=O) groups excluding carboxylic acids is 2. The molecule has 0 radical (unpaired) electrons. The van der Waals surface area contributed by atoms with Gasteiger partial charge in [0.05, 0.1) is 14.2 Å². The molecule has 0 bridgehead atoms. The molecule has 1 aliphatic rings. The van der Waals surface area contributed by atoms with E-state index in [-0.39, 0.29) is 0 Å². The summed E-state index contributed by atoms with van der Waals surface area (Å²) >= 11 is 0. The highest BCUT2D eigenvalue weighted by Crippen LogP contribution is 2.33. The van der Waals surface area contributed by atoms with Gasteiger partial charge in [-0.15, -0.1) is 0 Å². The minimum atomic E-state index is -0.555. The third-order valence-electron chi connectivity index (χ3n) is 4.04. The van der Waals surface area contributed by atoms with Gasteiger partial charge in [0.25, 0.3) is 0 Å². The van der Waals surface area contributed by atoms with Crippen molar-refractivity contribution < 1.29 is 19.1 Å². The Labute approximate surface area is 142 Å². The van der Waals surface area contributed by atoms with Crippen LogP contribution in [-0.4, -0.2) is 69.6 Å². The van der Waals surface area contributed by atoms with E-state index in [4.69, 9.17) is 9.47 Å². The molecule has 0 saturated heterocycles. The first kappa shape index (κ1) is 18.1. The standard InChI is InChI=1S/C17H25N3O4/c1-19(2)8-6-18-16(21)17(22)20-7-5-12-9-14(23-3)15(24-4)10-13(12)11-20/h9-10H,5-8,11H2,1-4H3,(H,18,21). The fraction of sp³-hybridized carbons (Fsp3) is 0.529. The Kier molecular flexibility index (Phi) is 6.03. The summed E-state index contributed by atoms with van der Waals surface area (Å²) in [7, 11) is 7.00. The molecule has 0 aliphatic carbocycles. The minimum Gasteiger partial charge on any atom is -0.493 e. The van der Waals surface area contributed by atoms with E-state index >= 15 is 0 Å². The number of hydrogen-bond donors (Lipinski definition) is 1. The number of rotatable bonds is 5. The van der Waals surface area contributed by atoms with Crippen LogP contribution in [0.3, 0.4) is 0 Å². The first-order valence-corrected chi connectivity index (χ1v) is 7.92. The van der Waals surface area contributed by atoms with E-state index < -0.39 is 11.8 Å². The van der Waals surface area contributed by atoms with E-state index in [1.807, 2.05) is 31.1 Å². The summed E-state index contributed by atoms with van der Waals surface area (Å²) in [6.07, 6.45) is 0.687. The Morgan fingerprint density at radius 1 is 1.17 bits per heavy atom. The fourth-order valence-corrected chi connectivity index (χ4v) is 2.67. The van der Waals surface area contributed by atoms with Crippen molar-refractivity contribution in [2.24, 2.45) is 0 Å². The molecule has 1 N–H and O–H groups in total. The van der Waals surface area contributed by atoms with Crippen molar-refractivity contribution in [3.63, 3.8) is 0 Å². The molecule has 2 amide bonds. The van der Waals surface area contributed by atoms with E-state index in [0.29, 0.717) is 44.1 Å². The van der Waals surface area contributed by atoms with Crippen molar-refractivity contribution in [3.05, 3.63) is 23.3 Å². The van der Waals surface area contributed by atoms with Crippen LogP contribution in [0.1, 0.15) is 11.1 Å². The highest BCUT2D eigenvalue weighted by Gasteiger charge is 2.26. The molecule has 1 aromatic rings. The van der Waals surface area contributed by atoms with Crippen molar-refractivity contribution in [2.45, 2.75) is 13.0 Å². The molecule has 0 unspecified atom stereocenters. The average molecular weight is 335 g/mol. The van der Waals surface area contributed by atoms with Crippen molar-refractivity contribution >= 4 is 11.8 Å². The van der Waals surface area contributed by atoms with Crippen molar-refractivity contribution in [1.29, 1.82) is 0 Å². The quantitative estimate of drug-likeness (QED) is 0.782. The normalized spacial score (nSPS) is 13.5. The second kappa shape index (κ2) is 8.01. The Balaban J connectivity index is 2.03. The second-order valence-electron chi connectivity index (χ2n) is 6.01. The molecule has 1 aliphatic heterocycles. The zero-order valence-corrected chi connectivity index (χ0v) is 14.7. The molecule has 1 aromatic carbocycles. The predicted octanol–water partition coefficient (Wildman–Crippen LogP) is 0.266. The summed E-state index contributed by atoms with van der Waals surface area (Å²) in [6, 6.07) is 3.81. The molecule has 0 aromatic heterocycles. The van der Waals surface area contributed by atoms with Gasteiger partial charge in [-0.05, 0) is 43.8 Å². The summed E-state index contributed by atoms with van der Waals surface area (Å²) in [6.45, 7) is 2.06. The number of fused-ring (bicyclic) bond motifs is 1. The molecule has 24 heavy (non-hydrogen) atoms. The topological polar surface area (TPSA) is 71.1 Å². The van der Waals surface area contributed by atoms with Crippen LogP contribution in [0, 0.1) is 0 Å². The molecule has 0 saturated carbocycles. The predicted molar refractivity (Wildman–Crippen MR) is 90.2 cm³/mol. The lowest BCUT2D eigenvalue weighted by molar-refractivity contribution is -0.146. The molecule has 2 rings (SSSR count). The van der Waals surface area contributed by atoms with Gasteiger partial charge in [-0.1, -0.05) is 0 Å². The number of likely N-dealkylation sites (N-methyl/N-ethyl adjacent to an activating group) is 1. The third kappa shape index (κ3) is 4.17. The number of amides is 2. The first-order chi connectivity index (χ1) is 11.5. The number of benzene rings is 1. The summed E-state index contributed by atoms with van der Waals surface area (Å²) in [4.78, 5) is 27.8. The second-order valence-corrected chi connectivity index (χ2v) is 6.01. The lowest BCUT2D eigenvalue weighted by Gasteiger charge is -2.29. The summed E-state index contributed by atoms with van der Waals surface area (Å²) < 4.78 is 10.6. The maximum atomic E-state index is 12.3.